The predicted molar refractivity (Wildman–Crippen MR) is 73.7 cm³/mol. The first-order valence-corrected chi connectivity index (χ1v) is 8.77. The Morgan fingerprint density at radius 1 is 1.30 bits per heavy atom. The SMILES string of the molecule is COC(=O)C1CCCC1S(=O)(=O)NCCC1CCCO1. The Balaban J connectivity index is 1.86. The van der Waals surface area contributed by atoms with Crippen molar-refractivity contribution in [2.24, 2.45) is 5.92 Å². The van der Waals surface area contributed by atoms with Crippen LogP contribution in [-0.2, 0) is 24.3 Å². The monoisotopic (exact) mass is 305 g/mol. The quantitative estimate of drug-likeness (QED) is 0.735. The van der Waals surface area contributed by atoms with Gasteiger partial charge in [0.1, 0.15) is 0 Å². The summed E-state index contributed by atoms with van der Waals surface area (Å²) in [5.74, 6) is -0.947. The van der Waals surface area contributed by atoms with Gasteiger partial charge in [-0.15, -0.1) is 0 Å². The highest BCUT2D eigenvalue weighted by molar-refractivity contribution is 7.90. The lowest BCUT2D eigenvalue weighted by Gasteiger charge is -2.19. The molecule has 1 saturated heterocycles. The Hall–Kier alpha value is -0.660. The molecular weight excluding hydrogens is 282 g/mol. The zero-order chi connectivity index (χ0) is 14.6. The molecule has 20 heavy (non-hydrogen) atoms. The van der Waals surface area contributed by atoms with Crippen LogP contribution in [-0.4, -0.2) is 46.0 Å². The molecule has 0 bridgehead atoms. The van der Waals surface area contributed by atoms with E-state index in [1.165, 1.54) is 7.11 Å². The van der Waals surface area contributed by atoms with E-state index in [1.807, 2.05) is 0 Å². The van der Waals surface area contributed by atoms with Gasteiger partial charge in [0.25, 0.3) is 0 Å². The molecule has 6 nitrogen and oxygen atoms in total. The van der Waals surface area contributed by atoms with E-state index < -0.39 is 27.2 Å². The highest BCUT2D eigenvalue weighted by Gasteiger charge is 2.42. The molecule has 0 aromatic carbocycles. The van der Waals surface area contributed by atoms with Crippen molar-refractivity contribution < 1.29 is 22.7 Å². The number of carbonyl (C=O) groups is 1. The second-order valence-electron chi connectivity index (χ2n) is 5.46. The van der Waals surface area contributed by atoms with E-state index in [2.05, 4.69) is 4.72 Å². The third-order valence-electron chi connectivity index (χ3n) is 4.15. The number of ether oxygens (including phenoxy) is 2. The number of sulfonamides is 1. The fourth-order valence-electron chi connectivity index (χ4n) is 3.06. The summed E-state index contributed by atoms with van der Waals surface area (Å²) < 4.78 is 37.3. The van der Waals surface area contributed by atoms with Crippen LogP contribution in [0.1, 0.15) is 38.5 Å². The first-order chi connectivity index (χ1) is 9.54. The summed E-state index contributed by atoms with van der Waals surface area (Å²) in [5.41, 5.74) is 0. The first kappa shape index (κ1) is 15.7. The van der Waals surface area contributed by atoms with Crippen molar-refractivity contribution in [1.29, 1.82) is 0 Å². The molecule has 3 atom stereocenters. The molecule has 2 aliphatic rings. The molecule has 0 aromatic heterocycles. The minimum Gasteiger partial charge on any atom is -0.469 e. The van der Waals surface area contributed by atoms with E-state index in [4.69, 9.17) is 9.47 Å². The fourth-order valence-corrected chi connectivity index (χ4v) is 4.83. The third kappa shape index (κ3) is 3.71. The van der Waals surface area contributed by atoms with Gasteiger partial charge < -0.3 is 9.47 Å². The Morgan fingerprint density at radius 3 is 2.75 bits per heavy atom. The maximum absolute atomic E-state index is 12.3. The molecule has 116 valence electrons. The van der Waals surface area contributed by atoms with Gasteiger partial charge in [0.05, 0.1) is 24.4 Å². The van der Waals surface area contributed by atoms with Crippen molar-refractivity contribution in [3.8, 4) is 0 Å². The smallest absolute Gasteiger partial charge is 0.310 e. The van der Waals surface area contributed by atoms with Crippen LogP contribution in [0.2, 0.25) is 0 Å². The summed E-state index contributed by atoms with van der Waals surface area (Å²) in [6.45, 7) is 1.14. The zero-order valence-corrected chi connectivity index (χ0v) is 12.7. The first-order valence-electron chi connectivity index (χ1n) is 7.22. The van der Waals surface area contributed by atoms with E-state index in [0.29, 0.717) is 25.8 Å². The summed E-state index contributed by atoms with van der Waals surface area (Å²) in [6.07, 6.45) is 4.75. The van der Waals surface area contributed by atoms with Crippen LogP contribution in [0.15, 0.2) is 0 Å². The summed E-state index contributed by atoms with van der Waals surface area (Å²) >= 11 is 0. The second kappa shape index (κ2) is 6.87. The van der Waals surface area contributed by atoms with Crippen molar-refractivity contribution in [2.75, 3.05) is 20.3 Å². The Bertz CT molecular complexity index is 430. The van der Waals surface area contributed by atoms with Gasteiger partial charge in [-0.3, -0.25) is 4.79 Å². The van der Waals surface area contributed by atoms with E-state index in [9.17, 15) is 13.2 Å². The van der Waals surface area contributed by atoms with E-state index >= 15 is 0 Å². The van der Waals surface area contributed by atoms with Gasteiger partial charge in [-0.05, 0) is 32.1 Å². The molecule has 1 aliphatic heterocycles. The molecule has 2 rings (SSSR count). The number of hydrogen-bond donors (Lipinski definition) is 1. The summed E-state index contributed by atoms with van der Waals surface area (Å²) in [6, 6.07) is 0. The summed E-state index contributed by atoms with van der Waals surface area (Å²) in [5, 5.41) is -0.653. The molecule has 1 N–H and O–H groups in total. The summed E-state index contributed by atoms with van der Waals surface area (Å²) in [7, 11) is -2.16. The molecule has 0 amide bonds. The topological polar surface area (TPSA) is 81.7 Å². The lowest BCUT2D eigenvalue weighted by atomic mass is 10.1. The number of carbonyl (C=O) groups excluding carboxylic acids is 1. The molecule has 1 heterocycles. The molecule has 3 unspecified atom stereocenters. The average molecular weight is 305 g/mol. The van der Waals surface area contributed by atoms with Gasteiger partial charge in [0.2, 0.25) is 10.0 Å². The highest BCUT2D eigenvalue weighted by atomic mass is 32.2. The molecule has 0 aromatic rings. The molecular formula is C13H23NO5S. The predicted octanol–water partition coefficient (Wildman–Crippen LogP) is 0.817. The van der Waals surface area contributed by atoms with Crippen LogP contribution in [0.25, 0.3) is 0 Å². The number of rotatable bonds is 6. The van der Waals surface area contributed by atoms with Crippen LogP contribution in [0.4, 0.5) is 0 Å². The molecule has 1 saturated carbocycles. The Labute approximate surface area is 120 Å². The molecule has 0 radical (unpaired) electrons. The summed E-state index contributed by atoms with van der Waals surface area (Å²) in [4.78, 5) is 11.6. The van der Waals surface area contributed by atoms with E-state index in [0.717, 1.165) is 25.9 Å². The average Bonchev–Trinajstić information content (AvgIpc) is 3.08. The standard InChI is InChI=1S/C13H23NO5S/c1-18-13(15)11-5-2-6-12(11)20(16,17)14-8-7-10-4-3-9-19-10/h10-12,14H,2-9H2,1H3. The van der Waals surface area contributed by atoms with Gasteiger partial charge in [-0.1, -0.05) is 6.42 Å². The van der Waals surface area contributed by atoms with Crippen molar-refractivity contribution >= 4 is 16.0 Å². The number of methoxy groups -OCH3 is 1. The Morgan fingerprint density at radius 2 is 2.10 bits per heavy atom. The fraction of sp³-hybridized carbons (Fsp3) is 0.923. The second-order valence-corrected chi connectivity index (χ2v) is 7.45. The minimum atomic E-state index is -3.46. The maximum atomic E-state index is 12.3. The minimum absolute atomic E-state index is 0.165. The van der Waals surface area contributed by atoms with Crippen LogP contribution in [0, 0.1) is 5.92 Å². The highest BCUT2D eigenvalue weighted by Crippen LogP contribution is 2.31. The molecule has 0 spiro atoms. The zero-order valence-electron chi connectivity index (χ0n) is 11.8. The lowest BCUT2D eigenvalue weighted by molar-refractivity contribution is -0.145. The van der Waals surface area contributed by atoms with Gasteiger partial charge in [0, 0.05) is 13.2 Å². The van der Waals surface area contributed by atoms with Gasteiger partial charge in [-0.2, -0.15) is 0 Å². The van der Waals surface area contributed by atoms with Crippen LogP contribution >= 0.6 is 0 Å². The normalized spacial score (nSPS) is 30.6. The van der Waals surface area contributed by atoms with Crippen LogP contribution in [0.3, 0.4) is 0 Å². The lowest BCUT2D eigenvalue weighted by Crippen LogP contribution is -2.40. The molecule has 7 heteroatoms. The molecule has 2 fully saturated rings. The van der Waals surface area contributed by atoms with Crippen LogP contribution < -0.4 is 4.72 Å². The maximum Gasteiger partial charge on any atom is 0.310 e. The van der Waals surface area contributed by atoms with Gasteiger partial charge in [0.15, 0.2) is 0 Å². The number of hydrogen-bond acceptors (Lipinski definition) is 5. The van der Waals surface area contributed by atoms with Crippen molar-refractivity contribution in [3.05, 3.63) is 0 Å². The van der Waals surface area contributed by atoms with Crippen molar-refractivity contribution in [2.45, 2.75) is 49.9 Å². The Kier molecular flexibility index (Phi) is 5.40. The third-order valence-corrected chi connectivity index (χ3v) is 6.12. The van der Waals surface area contributed by atoms with Crippen molar-refractivity contribution in [3.63, 3.8) is 0 Å². The van der Waals surface area contributed by atoms with Crippen molar-refractivity contribution in [1.82, 2.24) is 4.72 Å². The van der Waals surface area contributed by atoms with E-state index in [-0.39, 0.29) is 6.10 Å². The number of nitrogens with one attached hydrogen (secondary N) is 1. The number of esters is 1. The molecule has 1 aliphatic carbocycles. The largest absolute Gasteiger partial charge is 0.469 e. The van der Waals surface area contributed by atoms with Gasteiger partial charge >= 0.3 is 5.97 Å². The van der Waals surface area contributed by atoms with Crippen LogP contribution in [0.5, 0.6) is 0 Å². The van der Waals surface area contributed by atoms with Gasteiger partial charge in [-0.25, -0.2) is 13.1 Å². The van der Waals surface area contributed by atoms with E-state index in [1.54, 1.807) is 0 Å².